The predicted molar refractivity (Wildman–Crippen MR) is 124 cm³/mol. The maximum atomic E-state index is 12.3. The van der Waals surface area contributed by atoms with Crippen LogP contribution in [0.1, 0.15) is 33.2 Å². The van der Waals surface area contributed by atoms with Crippen LogP contribution in [0.25, 0.3) is 0 Å². The topological polar surface area (TPSA) is 158 Å². The van der Waals surface area contributed by atoms with Gasteiger partial charge in [-0.25, -0.2) is 14.6 Å². The first-order chi connectivity index (χ1) is 16.5. The van der Waals surface area contributed by atoms with E-state index in [0.29, 0.717) is 6.42 Å². The molecule has 0 spiro atoms. The van der Waals surface area contributed by atoms with Gasteiger partial charge >= 0.3 is 12.1 Å². The molecule has 2 amide bonds. The van der Waals surface area contributed by atoms with Crippen molar-refractivity contribution in [3.05, 3.63) is 45.9 Å². The van der Waals surface area contributed by atoms with Crippen LogP contribution in [-0.2, 0) is 22.6 Å². The van der Waals surface area contributed by atoms with Gasteiger partial charge in [0.2, 0.25) is 5.01 Å². The predicted octanol–water partition coefficient (Wildman–Crippen LogP) is 0.338. The lowest BCUT2D eigenvalue weighted by molar-refractivity contribution is -0.139. The maximum absolute atomic E-state index is 12.3. The van der Waals surface area contributed by atoms with Crippen LogP contribution >= 0.6 is 11.3 Å². The van der Waals surface area contributed by atoms with Gasteiger partial charge in [-0.1, -0.05) is 41.7 Å². The molecule has 1 aliphatic rings. The van der Waals surface area contributed by atoms with E-state index in [1.807, 2.05) is 6.07 Å². The number of aryl methyl sites for hydroxylation is 1. The first kappa shape index (κ1) is 25.5. The van der Waals surface area contributed by atoms with Gasteiger partial charge in [-0.3, -0.25) is 10.2 Å². The number of carbonyl (C=O) groups is 3. The third kappa shape index (κ3) is 8.67. The molecule has 2 aromatic rings. The van der Waals surface area contributed by atoms with Gasteiger partial charge in [0.25, 0.3) is 5.91 Å². The smallest absolute Gasteiger partial charge is 0.408 e. The molecular formula is C21H29N7O5S. The van der Waals surface area contributed by atoms with Gasteiger partial charge in [-0.15, -0.1) is 10.2 Å². The number of benzene rings is 1. The molecule has 5 N–H and O–H groups in total. The highest BCUT2D eigenvalue weighted by Gasteiger charge is 2.23. The van der Waals surface area contributed by atoms with E-state index in [4.69, 9.17) is 4.74 Å². The Hall–Kier alpha value is -3.13. The number of carboxylic acids is 1. The number of carbonyl (C=O) groups excluding carboxylic acids is 2. The third-order valence-corrected chi connectivity index (χ3v) is 5.93. The standard InChI is InChI=1S/C21H29N7O5S/c29-18(19-27-26-17(34-19)8-4-5-9-24-28-11-10-22-14-28)23-12-16(20(30)31)25-21(32)33-13-15-6-2-1-3-7-15/h1-3,6-7,16,22,24H,4-5,8-14H2,(H,23,29)(H,25,32)(H,30,31)/t16-/m0/s1. The normalized spacial score (nSPS) is 14.5. The van der Waals surface area contributed by atoms with Crippen molar-refractivity contribution in [2.45, 2.75) is 31.9 Å². The number of hydrogen-bond acceptors (Lipinski definition) is 10. The molecule has 184 valence electrons. The number of alkyl carbamates (subject to hydrolysis) is 1. The van der Waals surface area contributed by atoms with Crippen molar-refractivity contribution in [3.8, 4) is 0 Å². The lowest BCUT2D eigenvalue weighted by Gasteiger charge is -2.15. The van der Waals surface area contributed by atoms with Crippen LogP contribution in [0.4, 0.5) is 4.79 Å². The molecule has 1 fully saturated rings. The van der Waals surface area contributed by atoms with Crippen LogP contribution in [0.15, 0.2) is 30.3 Å². The average Bonchev–Trinajstić information content (AvgIpc) is 3.53. The molecule has 1 saturated heterocycles. The number of aliphatic carboxylic acids is 1. The summed E-state index contributed by atoms with van der Waals surface area (Å²) in [6.07, 6.45) is 1.68. The fourth-order valence-corrected chi connectivity index (χ4v) is 3.90. The quantitative estimate of drug-likeness (QED) is 0.247. The number of hydrogen-bond donors (Lipinski definition) is 5. The molecule has 13 heteroatoms. The van der Waals surface area contributed by atoms with Crippen molar-refractivity contribution in [2.24, 2.45) is 0 Å². The second-order valence-corrected chi connectivity index (χ2v) is 8.66. The molecule has 1 aromatic heterocycles. The second kappa shape index (κ2) is 13.5. The van der Waals surface area contributed by atoms with E-state index >= 15 is 0 Å². The van der Waals surface area contributed by atoms with E-state index in [1.54, 1.807) is 24.3 Å². The number of ether oxygens (including phenoxy) is 1. The number of aromatic nitrogens is 2. The van der Waals surface area contributed by atoms with Crippen molar-refractivity contribution in [1.82, 2.24) is 36.6 Å². The molecule has 0 saturated carbocycles. The summed E-state index contributed by atoms with van der Waals surface area (Å²) in [4.78, 5) is 35.7. The van der Waals surface area contributed by atoms with E-state index in [0.717, 1.165) is 49.7 Å². The molecule has 1 aliphatic heterocycles. The lowest BCUT2D eigenvalue weighted by Crippen LogP contribution is -2.48. The SMILES string of the molecule is O=C(N[C@@H](CNC(=O)c1nnc(CCCCNN2CCNC2)s1)C(=O)O)OCc1ccccc1. The summed E-state index contributed by atoms with van der Waals surface area (Å²) in [7, 11) is 0. The molecule has 34 heavy (non-hydrogen) atoms. The van der Waals surface area contributed by atoms with Gasteiger partial charge in [-0.05, 0) is 18.4 Å². The summed E-state index contributed by atoms with van der Waals surface area (Å²) in [6.45, 7) is 3.38. The van der Waals surface area contributed by atoms with Gasteiger partial charge in [0, 0.05) is 32.6 Å². The molecule has 1 aromatic carbocycles. The van der Waals surface area contributed by atoms with E-state index in [2.05, 4.69) is 36.6 Å². The largest absolute Gasteiger partial charge is 0.480 e. The Balaban J connectivity index is 1.35. The number of amides is 2. The van der Waals surface area contributed by atoms with Crippen molar-refractivity contribution in [3.63, 3.8) is 0 Å². The minimum absolute atomic E-state index is 0.00442. The molecule has 1 atom stereocenters. The summed E-state index contributed by atoms with van der Waals surface area (Å²) in [6, 6.07) is 7.65. The van der Waals surface area contributed by atoms with Crippen LogP contribution in [0.2, 0.25) is 0 Å². The van der Waals surface area contributed by atoms with Gasteiger partial charge in [-0.2, -0.15) is 0 Å². The number of hydrazine groups is 1. The zero-order chi connectivity index (χ0) is 24.2. The molecular weight excluding hydrogens is 462 g/mol. The van der Waals surface area contributed by atoms with E-state index < -0.39 is 24.0 Å². The molecule has 0 unspecified atom stereocenters. The monoisotopic (exact) mass is 491 g/mol. The first-order valence-corrected chi connectivity index (χ1v) is 11.8. The summed E-state index contributed by atoms with van der Waals surface area (Å²) < 4.78 is 5.03. The fraction of sp³-hybridized carbons (Fsp3) is 0.476. The fourth-order valence-electron chi connectivity index (χ4n) is 3.10. The Morgan fingerprint density at radius 1 is 1.21 bits per heavy atom. The van der Waals surface area contributed by atoms with Gasteiger partial charge in [0.1, 0.15) is 17.7 Å². The highest BCUT2D eigenvalue weighted by molar-refractivity contribution is 7.13. The van der Waals surface area contributed by atoms with Crippen LogP contribution < -0.4 is 21.4 Å². The number of nitrogens with one attached hydrogen (secondary N) is 4. The van der Waals surface area contributed by atoms with Crippen molar-refractivity contribution < 1.29 is 24.2 Å². The average molecular weight is 492 g/mol. The van der Waals surface area contributed by atoms with Crippen molar-refractivity contribution in [2.75, 3.05) is 32.8 Å². The maximum Gasteiger partial charge on any atom is 0.408 e. The van der Waals surface area contributed by atoms with Crippen LogP contribution in [0, 0.1) is 0 Å². The molecule has 0 radical (unpaired) electrons. The summed E-state index contributed by atoms with van der Waals surface area (Å²) >= 11 is 1.17. The van der Waals surface area contributed by atoms with Crippen LogP contribution in [0.3, 0.4) is 0 Å². The number of rotatable bonds is 13. The van der Waals surface area contributed by atoms with Gasteiger partial charge in [0.15, 0.2) is 0 Å². The van der Waals surface area contributed by atoms with E-state index in [-0.39, 0.29) is 18.2 Å². The van der Waals surface area contributed by atoms with Gasteiger partial charge in [0.05, 0.1) is 6.67 Å². The molecule has 0 bridgehead atoms. The van der Waals surface area contributed by atoms with Crippen LogP contribution in [0.5, 0.6) is 0 Å². The Morgan fingerprint density at radius 2 is 2.03 bits per heavy atom. The van der Waals surface area contributed by atoms with E-state index in [1.165, 1.54) is 11.3 Å². The molecule has 12 nitrogen and oxygen atoms in total. The number of unbranched alkanes of at least 4 members (excludes halogenated alkanes) is 1. The Morgan fingerprint density at radius 3 is 2.76 bits per heavy atom. The molecule has 2 heterocycles. The Bertz CT molecular complexity index is 937. The molecule has 3 rings (SSSR count). The zero-order valence-corrected chi connectivity index (χ0v) is 19.5. The highest BCUT2D eigenvalue weighted by atomic mass is 32.1. The van der Waals surface area contributed by atoms with Crippen LogP contribution in [-0.4, -0.2) is 77.2 Å². The summed E-state index contributed by atoms with van der Waals surface area (Å²) in [5, 5.41) is 28.3. The van der Waals surface area contributed by atoms with Gasteiger partial charge < -0.3 is 25.8 Å². The Labute approximate surface area is 201 Å². The van der Waals surface area contributed by atoms with E-state index in [9.17, 15) is 19.5 Å². The first-order valence-electron chi connectivity index (χ1n) is 11.0. The van der Waals surface area contributed by atoms with Crippen molar-refractivity contribution >= 4 is 29.3 Å². The number of nitrogens with zero attached hydrogens (tertiary/aromatic N) is 3. The zero-order valence-electron chi connectivity index (χ0n) is 18.7. The third-order valence-electron chi connectivity index (χ3n) is 4.94. The minimum atomic E-state index is -1.35. The summed E-state index contributed by atoms with van der Waals surface area (Å²) in [5.74, 6) is -1.84. The highest BCUT2D eigenvalue weighted by Crippen LogP contribution is 2.12. The number of carboxylic acid groups (broad SMARTS) is 1. The Kier molecular flexibility index (Phi) is 10.2. The second-order valence-electron chi connectivity index (χ2n) is 7.59. The molecule has 0 aliphatic carbocycles. The van der Waals surface area contributed by atoms with Crippen molar-refractivity contribution in [1.29, 1.82) is 0 Å². The minimum Gasteiger partial charge on any atom is -0.480 e. The lowest BCUT2D eigenvalue weighted by atomic mass is 10.2. The summed E-state index contributed by atoms with van der Waals surface area (Å²) in [5.41, 5.74) is 4.11.